The molecule has 0 aliphatic heterocycles. The van der Waals surface area contributed by atoms with Gasteiger partial charge in [0.25, 0.3) is 0 Å². The second kappa shape index (κ2) is 8.10. The van der Waals surface area contributed by atoms with Crippen LogP contribution in [0.2, 0.25) is 0 Å². The van der Waals surface area contributed by atoms with Crippen molar-refractivity contribution in [2.45, 2.75) is 26.2 Å². The highest BCUT2D eigenvalue weighted by Crippen LogP contribution is 2.10. The maximum atomic E-state index is 11.6. The Kier molecular flexibility index (Phi) is 7.54. The van der Waals surface area contributed by atoms with Gasteiger partial charge in [-0.1, -0.05) is 6.92 Å². The normalized spacial score (nSPS) is 12.0. The molecule has 16 heavy (non-hydrogen) atoms. The number of methoxy groups -OCH3 is 1. The number of carbonyl (C=O) groups is 2. The summed E-state index contributed by atoms with van der Waals surface area (Å²) in [6, 6.07) is 0. The summed E-state index contributed by atoms with van der Waals surface area (Å²) in [5, 5.41) is 0. The summed E-state index contributed by atoms with van der Waals surface area (Å²) in [7, 11) is 2.91. The van der Waals surface area contributed by atoms with Gasteiger partial charge >= 0.3 is 5.97 Å². The van der Waals surface area contributed by atoms with E-state index < -0.39 is 5.97 Å². The fourth-order valence-electron chi connectivity index (χ4n) is 1.34. The molecule has 0 saturated carbocycles. The second-order valence-electron chi connectivity index (χ2n) is 4.05. The Labute approximate surface area is 96.9 Å². The van der Waals surface area contributed by atoms with E-state index in [1.54, 1.807) is 7.05 Å². The largest absolute Gasteiger partial charge is 0.468 e. The smallest absolute Gasteiger partial charge is 0.325 e. The molecule has 5 nitrogen and oxygen atoms in total. The molecule has 0 saturated heterocycles. The summed E-state index contributed by atoms with van der Waals surface area (Å²) in [6.07, 6.45) is 2.18. The van der Waals surface area contributed by atoms with Crippen LogP contribution < -0.4 is 5.73 Å². The Bertz CT molecular complexity index is 231. The monoisotopic (exact) mass is 230 g/mol. The van der Waals surface area contributed by atoms with E-state index in [-0.39, 0.29) is 12.5 Å². The van der Waals surface area contributed by atoms with Crippen LogP contribution in [-0.2, 0) is 14.3 Å². The first-order valence-electron chi connectivity index (χ1n) is 5.52. The molecule has 0 aromatic carbocycles. The molecule has 1 amide bonds. The number of likely N-dealkylation sites (N-methyl/N-ethyl adjacent to an activating group) is 1. The number of ether oxygens (including phenoxy) is 1. The summed E-state index contributed by atoms with van der Waals surface area (Å²) < 4.78 is 4.49. The predicted molar refractivity (Wildman–Crippen MR) is 61.7 cm³/mol. The summed E-state index contributed by atoms with van der Waals surface area (Å²) in [4.78, 5) is 23.9. The molecule has 0 aromatic heterocycles. The molecule has 0 fully saturated rings. The summed E-state index contributed by atoms with van der Waals surface area (Å²) >= 11 is 0. The van der Waals surface area contributed by atoms with Crippen molar-refractivity contribution in [1.29, 1.82) is 0 Å². The molecule has 0 aliphatic rings. The molecule has 0 spiro atoms. The molecular weight excluding hydrogens is 208 g/mol. The molecule has 0 aliphatic carbocycles. The molecule has 2 N–H and O–H groups in total. The minimum absolute atomic E-state index is 0.0145. The first-order chi connectivity index (χ1) is 7.51. The van der Waals surface area contributed by atoms with Crippen LogP contribution in [0.15, 0.2) is 0 Å². The molecule has 1 unspecified atom stereocenters. The van der Waals surface area contributed by atoms with Gasteiger partial charge in [-0.2, -0.15) is 0 Å². The number of amides is 1. The topological polar surface area (TPSA) is 72.6 Å². The van der Waals surface area contributed by atoms with Gasteiger partial charge in [-0.3, -0.25) is 9.59 Å². The summed E-state index contributed by atoms with van der Waals surface area (Å²) in [5.41, 5.74) is 5.42. The van der Waals surface area contributed by atoms with Crippen molar-refractivity contribution in [3.63, 3.8) is 0 Å². The maximum Gasteiger partial charge on any atom is 0.325 e. The highest BCUT2D eigenvalue weighted by Gasteiger charge is 2.13. The molecule has 5 heteroatoms. The van der Waals surface area contributed by atoms with Gasteiger partial charge in [-0.25, -0.2) is 0 Å². The van der Waals surface area contributed by atoms with Gasteiger partial charge in [-0.05, 0) is 25.3 Å². The highest BCUT2D eigenvalue weighted by atomic mass is 16.5. The van der Waals surface area contributed by atoms with Crippen LogP contribution in [0.4, 0.5) is 0 Å². The van der Waals surface area contributed by atoms with Gasteiger partial charge in [-0.15, -0.1) is 0 Å². The SMILES string of the molecule is COC(=O)CN(C)C(=O)CCC(C)CCN. The third kappa shape index (κ3) is 6.40. The van der Waals surface area contributed by atoms with E-state index in [0.29, 0.717) is 18.9 Å². The van der Waals surface area contributed by atoms with Crippen LogP contribution in [0.3, 0.4) is 0 Å². The third-order valence-electron chi connectivity index (χ3n) is 2.53. The van der Waals surface area contributed by atoms with E-state index >= 15 is 0 Å². The molecule has 0 aromatic rings. The number of nitrogens with zero attached hydrogens (tertiary/aromatic N) is 1. The average molecular weight is 230 g/mol. The van der Waals surface area contributed by atoms with E-state index in [1.807, 2.05) is 0 Å². The first kappa shape index (κ1) is 14.9. The third-order valence-corrected chi connectivity index (χ3v) is 2.53. The fraction of sp³-hybridized carbons (Fsp3) is 0.818. The second-order valence-corrected chi connectivity index (χ2v) is 4.05. The molecule has 1 atom stereocenters. The van der Waals surface area contributed by atoms with Gasteiger partial charge in [0.15, 0.2) is 0 Å². The quantitative estimate of drug-likeness (QED) is 0.642. The van der Waals surface area contributed by atoms with Crippen molar-refractivity contribution < 1.29 is 14.3 Å². The Morgan fingerprint density at radius 3 is 2.50 bits per heavy atom. The van der Waals surface area contributed by atoms with E-state index in [0.717, 1.165) is 12.8 Å². The number of esters is 1. The maximum absolute atomic E-state index is 11.6. The van der Waals surface area contributed by atoms with E-state index in [4.69, 9.17) is 5.73 Å². The molecular formula is C11H22N2O3. The van der Waals surface area contributed by atoms with Crippen LogP contribution >= 0.6 is 0 Å². The average Bonchev–Trinajstić information content (AvgIpc) is 2.25. The lowest BCUT2D eigenvalue weighted by molar-refractivity contribution is -0.146. The zero-order chi connectivity index (χ0) is 12.6. The lowest BCUT2D eigenvalue weighted by atomic mass is 10.0. The number of hydrogen-bond donors (Lipinski definition) is 1. The summed E-state index contributed by atoms with van der Waals surface area (Å²) in [6.45, 7) is 2.73. The number of carbonyl (C=O) groups excluding carboxylic acids is 2. The standard InChI is InChI=1S/C11H22N2O3/c1-9(6-7-12)4-5-10(14)13(2)8-11(15)16-3/h9H,4-8,12H2,1-3H3. The fourth-order valence-corrected chi connectivity index (χ4v) is 1.34. The van der Waals surface area contributed by atoms with Crippen molar-refractivity contribution in [2.24, 2.45) is 11.7 Å². The molecule has 0 rings (SSSR count). The molecule has 0 radical (unpaired) electrons. The Hall–Kier alpha value is -1.10. The van der Waals surface area contributed by atoms with E-state index in [1.165, 1.54) is 12.0 Å². The lowest BCUT2D eigenvalue weighted by Gasteiger charge is -2.16. The number of nitrogens with two attached hydrogens (primary N) is 1. The van der Waals surface area contributed by atoms with Crippen molar-refractivity contribution in [3.05, 3.63) is 0 Å². The predicted octanol–water partition coefficient (Wildman–Crippen LogP) is 0.383. The van der Waals surface area contributed by atoms with E-state index in [2.05, 4.69) is 11.7 Å². The van der Waals surface area contributed by atoms with Crippen molar-refractivity contribution >= 4 is 11.9 Å². The summed E-state index contributed by atoms with van der Waals surface area (Å²) in [5.74, 6) is 0.0144. The Morgan fingerprint density at radius 1 is 1.38 bits per heavy atom. The van der Waals surface area contributed by atoms with Crippen LogP contribution in [-0.4, -0.2) is 44.0 Å². The Morgan fingerprint density at radius 2 is 2.00 bits per heavy atom. The zero-order valence-electron chi connectivity index (χ0n) is 10.4. The minimum Gasteiger partial charge on any atom is -0.468 e. The lowest BCUT2D eigenvalue weighted by Crippen LogP contribution is -2.32. The highest BCUT2D eigenvalue weighted by molar-refractivity contribution is 5.81. The molecule has 0 heterocycles. The van der Waals surface area contributed by atoms with Gasteiger partial charge in [0.1, 0.15) is 6.54 Å². The number of hydrogen-bond acceptors (Lipinski definition) is 4. The van der Waals surface area contributed by atoms with Crippen LogP contribution in [0.25, 0.3) is 0 Å². The van der Waals surface area contributed by atoms with Crippen molar-refractivity contribution in [2.75, 3.05) is 27.2 Å². The van der Waals surface area contributed by atoms with Crippen LogP contribution in [0.5, 0.6) is 0 Å². The zero-order valence-corrected chi connectivity index (χ0v) is 10.4. The molecule has 94 valence electrons. The van der Waals surface area contributed by atoms with Gasteiger partial charge in [0, 0.05) is 13.5 Å². The van der Waals surface area contributed by atoms with E-state index in [9.17, 15) is 9.59 Å². The number of rotatable bonds is 7. The minimum atomic E-state index is -0.397. The van der Waals surface area contributed by atoms with Crippen molar-refractivity contribution in [1.82, 2.24) is 4.90 Å². The van der Waals surface area contributed by atoms with Gasteiger partial charge < -0.3 is 15.4 Å². The first-order valence-corrected chi connectivity index (χ1v) is 5.52. The van der Waals surface area contributed by atoms with Crippen LogP contribution in [0.1, 0.15) is 26.2 Å². The molecule has 0 bridgehead atoms. The Balaban J connectivity index is 3.83. The van der Waals surface area contributed by atoms with Gasteiger partial charge in [0.2, 0.25) is 5.91 Å². The van der Waals surface area contributed by atoms with Crippen LogP contribution in [0, 0.1) is 5.92 Å². The van der Waals surface area contributed by atoms with Gasteiger partial charge in [0.05, 0.1) is 7.11 Å². The van der Waals surface area contributed by atoms with Crippen molar-refractivity contribution in [3.8, 4) is 0 Å².